The maximum atomic E-state index is 14.7. The van der Waals surface area contributed by atoms with Crippen molar-refractivity contribution in [2.45, 2.75) is 81.8 Å². The van der Waals surface area contributed by atoms with Crippen LogP contribution >= 0.6 is 0 Å². The van der Waals surface area contributed by atoms with Crippen LogP contribution in [0.15, 0.2) is 72.0 Å². The molecule has 5 saturated heterocycles. The topological polar surface area (TPSA) is 155 Å². The zero-order valence-electron chi connectivity index (χ0n) is 40.7. The van der Waals surface area contributed by atoms with E-state index in [1.165, 1.54) is 16.8 Å². The van der Waals surface area contributed by atoms with Crippen LogP contribution in [0.2, 0.25) is 0 Å². The van der Waals surface area contributed by atoms with E-state index < -0.39 is 34.8 Å². The Kier molecular flexibility index (Phi) is 13.3. The number of hydrogen-bond donors (Lipinski definition) is 1. The molecular weight excluding hydrogens is 932 g/mol. The Morgan fingerprint density at radius 2 is 1.62 bits per heavy atom. The first-order valence-corrected chi connectivity index (χ1v) is 25.4. The van der Waals surface area contributed by atoms with E-state index in [1.54, 1.807) is 23.5 Å². The molecule has 0 unspecified atom stereocenters. The number of pyridine rings is 1. The van der Waals surface area contributed by atoms with E-state index in [0.717, 1.165) is 105 Å². The number of hydrogen-bond acceptors (Lipinski definition) is 12. The minimum absolute atomic E-state index is 0.0935. The van der Waals surface area contributed by atoms with Gasteiger partial charge in [0.25, 0.3) is 5.91 Å². The third kappa shape index (κ3) is 9.82. The van der Waals surface area contributed by atoms with Crippen molar-refractivity contribution in [3.8, 4) is 5.69 Å². The maximum Gasteiger partial charge on any atom is 0.418 e. The van der Waals surface area contributed by atoms with Gasteiger partial charge in [0, 0.05) is 114 Å². The molecule has 2 aromatic carbocycles. The normalized spacial score (nSPS) is 21.9. The molecule has 0 bridgehead atoms. The van der Waals surface area contributed by atoms with E-state index >= 15 is 0 Å². The van der Waals surface area contributed by atoms with Gasteiger partial charge < -0.3 is 28.7 Å². The number of rotatable bonds is 14. The number of imide groups is 1. The van der Waals surface area contributed by atoms with E-state index in [1.807, 2.05) is 41.9 Å². The Morgan fingerprint density at radius 1 is 0.847 bits per heavy atom. The molecule has 0 radical (unpaired) electrons. The van der Waals surface area contributed by atoms with Gasteiger partial charge in [-0.05, 0) is 104 Å². The standard InChI is InChI=1S/C52H62F3N11O6/c1-59-34-56-58-46(59)26-51(32-71-33-51)38-3-2-4-40(25-38)64-31-45-43(52(53,54)55)23-36(29-66(45)50(64)70)28-61-15-11-41(12-16-61)72-22-21-60-13-9-35(10-14-60)27-62-17-19-63(20-18-62)39-5-6-42-37(24-39)30-65(49(42)69)44-7-8-47(67)57-48(44)68/h2-6,23-25,29,31,34-35,41,44H,7-22,26-28,30,32-33H2,1H3,(H,57,67,68)/t44-/m1/s1. The van der Waals surface area contributed by atoms with Gasteiger partial charge in [-0.15, -0.1) is 10.2 Å². The van der Waals surface area contributed by atoms with Gasteiger partial charge in [-0.2, -0.15) is 13.2 Å². The smallest absolute Gasteiger partial charge is 0.379 e. The predicted molar refractivity (Wildman–Crippen MR) is 260 cm³/mol. The second-order valence-corrected chi connectivity index (χ2v) is 20.8. The number of amides is 3. The monoisotopic (exact) mass is 993 g/mol. The highest BCUT2D eigenvalue weighted by atomic mass is 19.4. The summed E-state index contributed by atoms with van der Waals surface area (Å²) >= 11 is 0. The number of piperazine rings is 1. The first kappa shape index (κ1) is 48.3. The van der Waals surface area contributed by atoms with Crippen molar-refractivity contribution in [2.24, 2.45) is 13.0 Å². The lowest BCUT2D eigenvalue weighted by atomic mass is 9.75. The van der Waals surface area contributed by atoms with Crippen molar-refractivity contribution in [2.75, 3.05) is 90.2 Å². The van der Waals surface area contributed by atoms with Gasteiger partial charge in [0.15, 0.2) is 0 Å². The number of aryl methyl sites for hydroxylation is 1. The van der Waals surface area contributed by atoms with E-state index in [-0.39, 0.29) is 29.9 Å². The van der Waals surface area contributed by atoms with Crippen molar-refractivity contribution in [1.29, 1.82) is 0 Å². The predicted octanol–water partition coefficient (Wildman–Crippen LogP) is 4.02. The molecule has 1 N–H and O–H groups in total. The summed E-state index contributed by atoms with van der Waals surface area (Å²) in [6.07, 6.45) is 4.95. The molecule has 3 aromatic heterocycles. The van der Waals surface area contributed by atoms with Crippen LogP contribution in [0.5, 0.6) is 0 Å². The molecule has 0 spiro atoms. The number of piperidine rings is 3. The fourth-order valence-corrected chi connectivity index (χ4v) is 11.8. The van der Waals surface area contributed by atoms with E-state index in [4.69, 9.17) is 9.47 Å². The third-order valence-electron chi connectivity index (χ3n) is 16.1. The number of anilines is 1. The number of alkyl halides is 3. The molecule has 11 rings (SSSR count). The van der Waals surface area contributed by atoms with Crippen LogP contribution in [-0.2, 0) is 57.2 Å². The Morgan fingerprint density at radius 3 is 2.33 bits per heavy atom. The summed E-state index contributed by atoms with van der Waals surface area (Å²) in [5.41, 5.74) is 2.50. The summed E-state index contributed by atoms with van der Waals surface area (Å²) in [5.74, 6) is 0.604. The molecule has 9 heterocycles. The molecule has 20 heteroatoms. The van der Waals surface area contributed by atoms with E-state index in [0.29, 0.717) is 81.6 Å². The molecule has 0 saturated carbocycles. The molecule has 5 fully saturated rings. The highest BCUT2D eigenvalue weighted by Gasteiger charge is 2.43. The summed E-state index contributed by atoms with van der Waals surface area (Å²) in [6.45, 7) is 11.4. The van der Waals surface area contributed by atoms with Crippen LogP contribution in [-0.4, -0.2) is 158 Å². The zero-order valence-corrected chi connectivity index (χ0v) is 40.7. The summed E-state index contributed by atoms with van der Waals surface area (Å²) in [6, 6.07) is 13.9. The number of nitrogens with one attached hydrogen (secondary N) is 1. The van der Waals surface area contributed by atoms with Crippen LogP contribution in [0.25, 0.3) is 11.2 Å². The minimum Gasteiger partial charge on any atom is -0.379 e. The third-order valence-corrected chi connectivity index (χ3v) is 16.1. The van der Waals surface area contributed by atoms with Crippen molar-refractivity contribution in [3.63, 3.8) is 0 Å². The van der Waals surface area contributed by atoms with Gasteiger partial charge in [-0.1, -0.05) is 12.1 Å². The molecule has 6 aliphatic rings. The van der Waals surface area contributed by atoms with Gasteiger partial charge in [0.05, 0.1) is 42.7 Å². The summed E-state index contributed by atoms with van der Waals surface area (Å²) in [4.78, 5) is 62.4. The lowest BCUT2D eigenvalue weighted by Gasteiger charge is -2.41. The molecule has 382 valence electrons. The number of benzene rings is 2. The largest absolute Gasteiger partial charge is 0.418 e. The average Bonchev–Trinajstić information content (AvgIpc) is 4.03. The fraction of sp³-hybridized carbons (Fsp3) is 0.538. The summed E-state index contributed by atoms with van der Waals surface area (Å²) in [5, 5.41) is 10.6. The highest BCUT2D eigenvalue weighted by molar-refractivity contribution is 6.05. The van der Waals surface area contributed by atoms with Crippen molar-refractivity contribution < 1.29 is 37.0 Å². The number of carbonyl (C=O) groups excluding carboxylic acids is 3. The number of aromatic nitrogens is 5. The van der Waals surface area contributed by atoms with Crippen LogP contribution in [0.4, 0.5) is 18.9 Å². The number of carbonyl (C=O) groups is 3. The molecule has 17 nitrogen and oxygen atoms in total. The fourth-order valence-electron chi connectivity index (χ4n) is 11.8. The van der Waals surface area contributed by atoms with Crippen LogP contribution in [0, 0.1) is 5.92 Å². The van der Waals surface area contributed by atoms with Crippen LogP contribution < -0.4 is 15.9 Å². The lowest BCUT2D eigenvalue weighted by molar-refractivity contribution is -0.137. The van der Waals surface area contributed by atoms with Gasteiger partial charge in [-0.25, -0.2) is 4.79 Å². The van der Waals surface area contributed by atoms with Gasteiger partial charge in [0.2, 0.25) is 11.8 Å². The van der Waals surface area contributed by atoms with Crippen molar-refractivity contribution in [3.05, 3.63) is 111 Å². The molecule has 3 amide bonds. The van der Waals surface area contributed by atoms with E-state index in [2.05, 4.69) is 41.2 Å². The number of nitrogens with zero attached hydrogens (tertiary/aromatic N) is 10. The number of likely N-dealkylation sites (tertiary alicyclic amines) is 2. The first-order chi connectivity index (χ1) is 34.8. The molecule has 0 aliphatic carbocycles. The summed E-state index contributed by atoms with van der Waals surface area (Å²) in [7, 11) is 1.88. The maximum absolute atomic E-state index is 14.7. The van der Waals surface area contributed by atoms with Gasteiger partial charge >= 0.3 is 11.9 Å². The van der Waals surface area contributed by atoms with Gasteiger partial charge in [0.1, 0.15) is 18.2 Å². The Hall–Kier alpha value is -5.93. The van der Waals surface area contributed by atoms with E-state index in [9.17, 15) is 32.3 Å². The lowest BCUT2D eigenvalue weighted by Crippen LogP contribution is -2.52. The number of imidazole rings is 1. The van der Waals surface area contributed by atoms with Crippen LogP contribution in [0.3, 0.4) is 0 Å². The highest BCUT2D eigenvalue weighted by Crippen LogP contribution is 2.38. The number of fused-ring (bicyclic) bond motifs is 2. The Balaban J connectivity index is 0.619. The van der Waals surface area contributed by atoms with Crippen molar-refractivity contribution >= 4 is 28.9 Å². The first-order valence-electron chi connectivity index (χ1n) is 25.4. The Labute approximate surface area is 415 Å². The van der Waals surface area contributed by atoms with Gasteiger partial charge in [-0.3, -0.25) is 38.5 Å². The summed E-state index contributed by atoms with van der Waals surface area (Å²) < 4.78 is 60.3. The quantitative estimate of drug-likeness (QED) is 0.160. The second-order valence-electron chi connectivity index (χ2n) is 20.8. The average molecular weight is 994 g/mol. The number of ether oxygens (including phenoxy) is 2. The molecule has 6 aliphatic heterocycles. The SMILES string of the molecule is Cn1cnnc1CC1(c2cccc(-n3cc4c(C(F)(F)F)cc(CN5CCC(OCCN6CCC(CN7CCN(c8ccc9c(c8)CN([C@@H]8CCC(=O)NC8=O)C9=O)CC7)CC6)CC5)cn4c3=O)c2)COC1. The molecule has 72 heavy (non-hydrogen) atoms. The molecular formula is C52H62F3N11O6. The number of halogens is 3. The van der Waals surface area contributed by atoms with Crippen molar-refractivity contribution in [1.82, 2.24) is 48.6 Å². The zero-order chi connectivity index (χ0) is 49.7. The molecule has 5 aromatic rings. The molecule has 1 atom stereocenters. The minimum atomic E-state index is -4.66. The van der Waals surface area contributed by atoms with Crippen LogP contribution in [0.1, 0.15) is 77.0 Å². The Bertz CT molecular complexity index is 2890. The second kappa shape index (κ2) is 19.8.